The number of hydrogen-bond donors (Lipinski definition) is 0. The van der Waals surface area contributed by atoms with Crippen LogP contribution in [-0.4, -0.2) is 4.57 Å². The molecule has 0 amide bonds. The molecule has 7 aromatic carbocycles. The number of hydrogen-bond acceptors (Lipinski definition) is 1. The molecule has 0 bridgehead atoms. The topological polar surface area (TPSA) is 18.1 Å². The lowest BCUT2D eigenvalue weighted by Gasteiger charge is -2.09. The summed E-state index contributed by atoms with van der Waals surface area (Å²) in [6.07, 6.45) is 0. The first-order chi connectivity index (χ1) is 21.8. The van der Waals surface area contributed by atoms with Gasteiger partial charge in [0.1, 0.15) is 5.58 Å². The minimum Gasteiger partial charge on any atom is -0.454 e. The van der Waals surface area contributed by atoms with Crippen molar-refractivity contribution in [3.05, 3.63) is 164 Å². The van der Waals surface area contributed by atoms with Crippen molar-refractivity contribution in [2.24, 2.45) is 0 Å². The Kier molecular flexibility index (Phi) is 5.54. The van der Waals surface area contributed by atoms with Crippen LogP contribution in [0.3, 0.4) is 0 Å². The molecule has 0 radical (unpaired) electrons. The summed E-state index contributed by atoms with van der Waals surface area (Å²) >= 11 is 0. The van der Waals surface area contributed by atoms with E-state index in [-0.39, 0.29) is 0 Å². The van der Waals surface area contributed by atoms with Crippen molar-refractivity contribution in [3.8, 4) is 39.1 Å². The largest absolute Gasteiger partial charge is 0.454 e. The Morgan fingerprint density at radius 2 is 0.932 bits per heavy atom. The van der Waals surface area contributed by atoms with Crippen molar-refractivity contribution < 1.29 is 4.42 Å². The Hall–Kier alpha value is -5.86. The first kappa shape index (κ1) is 24.7. The molecule has 2 heterocycles. The lowest BCUT2D eigenvalue weighted by atomic mass is 9.95. The second-order valence-electron chi connectivity index (χ2n) is 11.3. The zero-order valence-electron chi connectivity index (χ0n) is 23.9. The van der Waals surface area contributed by atoms with E-state index in [1.54, 1.807) is 0 Å². The van der Waals surface area contributed by atoms with E-state index in [4.69, 9.17) is 4.42 Å². The summed E-state index contributed by atoms with van der Waals surface area (Å²) in [4.78, 5) is 0. The molecule has 0 spiro atoms. The summed E-state index contributed by atoms with van der Waals surface area (Å²) in [6.45, 7) is 0. The molecule has 206 valence electrons. The molecule has 2 nitrogen and oxygen atoms in total. The Balaban J connectivity index is 1.20. The van der Waals surface area contributed by atoms with E-state index in [1.807, 2.05) is 0 Å². The van der Waals surface area contributed by atoms with E-state index in [0.717, 1.165) is 27.6 Å². The molecule has 0 saturated carbocycles. The highest BCUT2D eigenvalue weighted by atomic mass is 16.3. The van der Waals surface area contributed by atoms with Gasteiger partial charge in [-0.1, -0.05) is 133 Å². The fraction of sp³-hybridized carbons (Fsp3) is 0. The SMILES string of the molecule is c1ccc(-c2ccc(-c3cccc(-c4cccc5oc6c(-n7c8ccccc8c8ccccc87)cccc6c45)c3)cc2)cc1. The van der Waals surface area contributed by atoms with Crippen molar-refractivity contribution in [2.45, 2.75) is 0 Å². The first-order valence-electron chi connectivity index (χ1n) is 15.0. The number of furan rings is 1. The van der Waals surface area contributed by atoms with Gasteiger partial charge in [0.2, 0.25) is 0 Å². The van der Waals surface area contributed by atoms with Crippen LogP contribution < -0.4 is 0 Å². The van der Waals surface area contributed by atoms with E-state index >= 15 is 0 Å². The highest BCUT2D eigenvalue weighted by Crippen LogP contribution is 2.41. The van der Waals surface area contributed by atoms with Crippen LogP contribution in [0.15, 0.2) is 168 Å². The van der Waals surface area contributed by atoms with Gasteiger partial charge in [-0.2, -0.15) is 0 Å². The summed E-state index contributed by atoms with van der Waals surface area (Å²) in [5.41, 5.74) is 12.4. The van der Waals surface area contributed by atoms with Crippen LogP contribution in [0.4, 0.5) is 0 Å². The number of benzene rings is 7. The van der Waals surface area contributed by atoms with Crippen molar-refractivity contribution in [1.82, 2.24) is 4.57 Å². The molecule has 2 aromatic heterocycles. The van der Waals surface area contributed by atoms with Gasteiger partial charge >= 0.3 is 0 Å². The summed E-state index contributed by atoms with van der Waals surface area (Å²) in [5.74, 6) is 0. The minimum absolute atomic E-state index is 0.892. The minimum atomic E-state index is 0.892. The normalized spacial score (nSPS) is 11.6. The van der Waals surface area contributed by atoms with Crippen LogP contribution in [0, 0.1) is 0 Å². The van der Waals surface area contributed by atoms with Gasteiger partial charge in [-0.15, -0.1) is 0 Å². The van der Waals surface area contributed by atoms with Crippen LogP contribution in [0.5, 0.6) is 0 Å². The number of aromatic nitrogens is 1. The van der Waals surface area contributed by atoms with E-state index < -0.39 is 0 Å². The molecule has 0 saturated heterocycles. The monoisotopic (exact) mass is 561 g/mol. The van der Waals surface area contributed by atoms with E-state index in [2.05, 4.69) is 168 Å². The predicted molar refractivity (Wildman–Crippen MR) is 184 cm³/mol. The van der Waals surface area contributed by atoms with Crippen molar-refractivity contribution in [1.29, 1.82) is 0 Å². The average molecular weight is 562 g/mol. The summed E-state index contributed by atoms with van der Waals surface area (Å²) in [7, 11) is 0. The van der Waals surface area contributed by atoms with Crippen LogP contribution in [0.1, 0.15) is 0 Å². The molecular weight excluding hydrogens is 534 g/mol. The lowest BCUT2D eigenvalue weighted by molar-refractivity contribution is 0.666. The van der Waals surface area contributed by atoms with E-state index in [1.165, 1.54) is 55.2 Å². The number of para-hydroxylation sites is 3. The molecule has 44 heavy (non-hydrogen) atoms. The van der Waals surface area contributed by atoms with E-state index in [9.17, 15) is 0 Å². The molecule has 0 aliphatic heterocycles. The molecule has 0 fully saturated rings. The third-order valence-corrected chi connectivity index (χ3v) is 8.82. The molecule has 0 unspecified atom stereocenters. The molecule has 0 N–H and O–H groups in total. The third kappa shape index (κ3) is 3.82. The second kappa shape index (κ2) is 9.86. The van der Waals surface area contributed by atoms with Gasteiger partial charge in [0.25, 0.3) is 0 Å². The Bertz CT molecular complexity index is 2430. The van der Waals surface area contributed by atoms with Gasteiger partial charge in [0, 0.05) is 21.5 Å². The van der Waals surface area contributed by atoms with Crippen molar-refractivity contribution in [3.63, 3.8) is 0 Å². The van der Waals surface area contributed by atoms with Crippen LogP contribution in [-0.2, 0) is 0 Å². The number of rotatable bonds is 4. The molecule has 9 aromatic rings. The highest BCUT2D eigenvalue weighted by Gasteiger charge is 2.19. The first-order valence-corrected chi connectivity index (χ1v) is 15.0. The van der Waals surface area contributed by atoms with E-state index in [0.29, 0.717) is 0 Å². The maximum atomic E-state index is 6.72. The molecule has 0 aliphatic carbocycles. The van der Waals surface area contributed by atoms with Gasteiger partial charge < -0.3 is 8.98 Å². The Morgan fingerprint density at radius 1 is 0.386 bits per heavy atom. The molecular formula is C42H27NO. The van der Waals surface area contributed by atoms with Crippen molar-refractivity contribution >= 4 is 43.7 Å². The maximum absolute atomic E-state index is 6.72. The van der Waals surface area contributed by atoms with Crippen LogP contribution in [0.25, 0.3) is 82.8 Å². The fourth-order valence-corrected chi connectivity index (χ4v) is 6.78. The van der Waals surface area contributed by atoms with Gasteiger partial charge in [0.15, 0.2) is 5.58 Å². The molecule has 9 rings (SSSR count). The molecule has 0 atom stereocenters. The van der Waals surface area contributed by atoms with Crippen molar-refractivity contribution in [2.75, 3.05) is 0 Å². The third-order valence-electron chi connectivity index (χ3n) is 8.82. The number of fused-ring (bicyclic) bond motifs is 6. The smallest absolute Gasteiger partial charge is 0.159 e. The van der Waals surface area contributed by atoms with Crippen LogP contribution >= 0.6 is 0 Å². The Morgan fingerprint density at radius 3 is 1.68 bits per heavy atom. The Labute approximate surface area is 255 Å². The molecule has 0 aliphatic rings. The summed E-state index contributed by atoms with van der Waals surface area (Å²) < 4.78 is 9.06. The zero-order valence-corrected chi connectivity index (χ0v) is 23.9. The lowest BCUT2D eigenvalue weighted by Crippen LogP contribution is -1.94. The fourth-order valence-electron chi connectivity index (χ4n) is 6.78. The molecule has 2 heteroatoms. The highest BCUT2D eigenvalue weighted by molar-refractivity contribution is 6.16. The van der Waals surface area contributed by atoms with Gasteiger partial charge in [-0.05, 0) is 63.7 Å². The quantitative estimate of drug-likeness (QED) is 0.209. The average Bonchev–Trinajstić information content (AvgIpc) is 3.65. The summed E-state index contributed by atoms with van der Waals surface area (Å²) in [6, 6.07) is 58.3. The van der Waals surface area contributed by atoms with Gasteiger partial charge in [-0.3, -0.25) is 0 Å². The predicted octanol–water partition coefficient (Wildman–Crippen LogP) is 11.7. The maximum Gasteiger partial charge on any atom is 0.159 e. The zero-order chi connectivity index (χ0) is 29.0. The van der Waals surface area contributed by atoms with Gasteiger partial charge in [-0.25, -0.2) is 0 Å². The summed E-state index contributed by atoms with van der Waals surface area (Å²) in [5, 5.41) is 4.74. The van der Waals surface area contributed by atoms with Gasteiger partial charge in [0.05, 0.1) is 16.7 Å². The number of nitrogens with zero attached hydrogens (tertiary/aromatic N) is 1. The standard InChI is InChI=1S/C42H27NO/c1-2-11-28(12-3-1)29-23-25-30(26-24-29)31-13-8-14-32(27-31)33-17-10-22-40-41(33)36-18-9-21-39(42(36)44-40)43-37-19-6-4-15-34(37)35-16-5-7-20-38(35)43/h1-27H. The van der Waals surface area contributed by atoms with Crippen LogP contribution in [0.2, 0.25) is 0 Å². The second-order valence-corrected chi connectivity index (χ2v) is 11.3.